The van der Waals surface area contributed by atoms with Crippen LogP contribution in [0.1, 0.15) is 22.8 Å². The van der Waals surface area contributed by atoms with Crippen molar-refractivity contribution in [2.45, 2.75) is 13.1 Å². The van der Waals surface area contributed by atoms with Gasteiger partial charge in [-0.2, -0.15) is 13.2 Å². The Kier molecular flexibility index (Phi) is 3.42. The fourth-order valence-electron chi connectivity index (χ4n) is 1.35. The highest BCUT2D eigenvalue weighted by atomic mass is 35.5. The Morgan fingerprint density at radius 1 is 1.41 bits per heavy atom. The summed E-state index contributed by atoms with van der Waals surface area (Å²) in [6.07, 6.45) is -5.02. The maximum atomic E-state index is 12.7. The summed E-state index contributed by atoms with van der Waals surface area (Å²) in [4.78, 5) is 20.4. The Balaban J connectivity index is 3.75. The van der Waals surface area contributed by atoms with Gasteiger partial charge in [0.2, 0.25) is 0 Å². The molecule has 8 heteroatoms. The fourth-order valence-corrected chi connectivity index (χ4v) is 1.64. The summed E-state index contributed by atoms with van der Waals surface area (Å²) in [7, 11) is 0. The first-order valence-corrected chi connectivity index (χ1v) is 4.59. The van der Waals surface area contributed by atoms with E-state index >= 15 is 0 Å². The zero-order chi connectivity index (χ0) is 13.4. The van der Waals surface area contributed by atoms with Crippen LogP contribution in [0.5, 0.6) is 0 Å². The number of carbonyl (C=O) groups excluding carboxylic acids is 1. The maximum Gasteiger partial charge on any atom is 0.423 e. The van der Waals surface area contributed by atoms with Crippen LogP contribution in [0.2, 0.25) is 5.02 Å². The molecule has 0 heterocycles. The second kappa shape index (κ2) is 4.33. The summed E-state index contributed by atoms with van der Waals surface area (Å²) < 4.78 is 38.1. The van der Waals surface area contributed by atoms with Crippen LogP contribution in [0.25, 0.3) is 0 Å². The van der Waals surface area contributed by atoms with Gasteiger partial charge in [0.05, 0.1) is 15.5 Å². The third-order valence-corrected chi connectivity index (χ3v) is 2.28. The number of halogens is 4. The number of alkyl halides is 3. The summed E-state index contributed by atoms with van der Waals surface area (Å²) in [6, 6.07) is 1.52. The molecule has 0 atom stereocenters. The standard InChI is InChI=1S/C9H5ClF3NO3/c1-4(15)7-5(10)2-3-6(14(16)17)8(7)9(11,12)13/h2-3H,1H3. The highest BCUT2D eigenvalue weighted by molar-refractivity contribution is 6.34. The van der Waals surface area contributed by atoms with E-state index in [-0.39, 0.29) is 0 Å². The summed E-state index contributed by atoms with van der Waals surface area (Å²) in [5, 5.41) is 10.0. The molecule has 0 unspecified atom stereocenters. The molecule has 0 saturated carbocycles. The minimum atomic E-state index is -5.02. The SMILES string of the molecule is CC(=O)c1c(Cl)ccc([N+](=O)[O-])c1C(F)(F)F. The predicted molar refractivity (Wildman–Crippen MR) is 53.1 cm³/mol. The molecule has 0 aliphatic carbocycles. The molecule has 0 amide bonds. The average Bonchev–Trinajstić information content (AvgIpc) is 2.14. The van der Waals surface area contributed by atoms with Gasteiger partial charge in [-0.3, -0.25) is 14.9 Å². The lowest BCUT2D eigenvalue weighted by molar-refractivity contribution is -0.388. The van der Waals surface area contributed by atoms with E-state index in [1.807, 2.05) is 0 Å². The monoisotopic (exact) mass is 267 g/mol. The third-order valence-electron chi connectivity index (χ3n) is 1.96. The van der Waals surface area contributed by atoms with Crippen LogP contribution in [0.4, 0.5) is 18.9 Å². The van der Waals surface area contributed by atoms with E-state index in [1.165, 1.54) is 0 Å². The van der Waals surface area contributed by atoms with E-state index in [0.717, 1.165) is 13.0 Å². The smallest absolute Gasteiger partial charge is 0.294 e. The van der Waals surface area contributed by atoms with Crippen molar-refractivity contribution in [3.05, 3.63) is 38.4 Å². The van der Waals surface area contributed by atoms with Gasteiger partial charge < -0.3 is 0 Å². The van der Waals surface area contributed by atoms with Crippen LogP contribution in [0.15, 0.2) is 12.1 Å². The Hall–Kier alpha value is -1.63. The van der Waals surface area contributed by atoms with Crippen molar-refractivity contribution in [3.8, 4) is 0 Å². The molecule has 0 saturated heterocycles. The average molecular weight is 268 g/mol. The zero-order valence-corrected chi connectivity index (χ0v) is 9.09. The van der Waals surface area contributed by atoms with Gasteiger partial charge in [0, 0.05) is 6.07 Å². The fraction of sp³-hybridized carbons (Fsp3) is 0.222. The van der Waals surface area contributed by atoms with Crippen LogP contribution in [-0.2, 0) is 6.18 Å². The van der Waals surface area contributed by atoms with Crippen LogP contribution in [-0.4, -0.2) is 10.7 Å². The number of nitro benzene ring substituents is 1. The number of hydrogen-bond donors (Lipinski definition) is 0. The second-order valence-electron chi connectivity index (χ2n) is 3.13. The molecule has 4 nitrogen and oxygen atoms in total. The van der Waals surface area contributed by atoms with Crippen molar-refractivity contribution in [2.24, 2.45) is 0 Å². The number of carbonyl (C=O) groups is 1. The minimum Gasteiger partial charge on any atom is -0.294 e. The predicted octanol–water partition coefficient (Wildman–Crippen LogP) is 3.47. The Morgan fingerprint density at radius 3 is 2.29 bits per heavy atom. The van der Waals surface area contributed by atoms with E-state index in [0.29, 0.717) is 6.07 Å². The van der Waals surface area contributed by atoms with E-state index < -0.39 is 38.7 Å². The molecular weight excluding hydrogens is 263 g/mol. The van der Waals surface area contributed by atoms with Crippen molar-refractivity contribution in [3.63, 3.8) is 0 Å². The molecule has 0 fully saturated rings. The minimum absolute atomic E-state index is 0.463. The molecule has 0 aromatic heterocycles. The lowest BCUT2D eigenvalue weighted by Crippen LogP contribution is -2.15. The highest BCUT2D eigenvalue weighted by Gasteiger charge is 2.42. The molecule has 0 radical (unpaired) electrons. The molecular formula is C9H5ClF3NO3. The van der Waals surface area contributed by atoms with Crippen molar-refractivity contribution in [1.82, 2.24) is 0 Å². The lowest BCUT2D eigenvalue weighted by atomic mass is 10.0. The zero-order valence-electron chi connectivity index (χ0n) is 8.34. The topological polar surface area (TPSA) is 60.2 Å². The van der Waals surface area contributed by atoms with Crippen molar-refractivity contribution in [2.75, 3.05) is 0 Å². The Labute approximate surface area is 98.1 Å². The number of benzene rings is 1. The first kappa shape index (κ1) is 13.4. The quantitative estimate of drug-likeness (QED) is 0.468. The molecule has 1 aromatic carbocycles. The van der Waals surface area contributed by atoms with Gasteiger partial charge in [0.1, 0.15) is 5.56 Å². The maximum absolute atomic E-state index is 12.7. The van der Waals surface area contributed by atoms with E-state index in [2.05, 4.69) is 0 Å². The first-order chi connectivity index (χ1) is 7.66. The molecule has 0 N–H and O–H groups in total. The van der Waals surface area contributed by atoms with Gasteiger partial charge in [0.25, 0.3) is 5.69 Å². The molecule has 0 aliphatic rings. The van der Waals surface area contributed by atoms with Gasteiger partial charge in [-0.1, -0.05) is 11.6 Å². The molecule has 17 heavy (non-hydrogen) atoms. The number of nitro groups is 1. The number of nitrogens with zero attached hydrogens (tertiary/aromatic N) is 1. The van der Waals surface area contributed by atoms with Gasteiger partial charge in [-0.15, -0.1) is 0 Å². The van der Waals surface area contributed by atoms with Crippen LogP contribution < -0.4 is 0 Å². The van der Waals surface area contributed by atoms with Crippen LogP contribution in [0.3, 0.4) is 0 Å². The normalized spacial score (nSPS) is 11.4. The van der Waals surface area contributed by atoms with Crippen molar-refractivity contribution >= 4 is 23.1 Å². The second-order valence-corrected chi connectivity index (χ2v) is 3.53. The lowest BCUT2D eigenvalue weighted by Gasteiger charge is -2.12. The first-order valence-electron chi connectivity index (χ1n) is 4.21. The number of hydrogen-bond acceptors (Lipinski definition) is 3. The molecule has 0 bridgehead atoms. The molecule has 92 valence electrons. The van der Waals surface area contributed by atoms with Crippen LogP contribution >= 0.6 is 11.6 Å². The van der Waals surface area contributed by atoms with Crippen LogP contribution in [0, 0.1) is 10.1 Å². The van der Waals surface area contributed by atoms with E-state index in [4.69, 9.17) is 11.6 Å². The Morgan fingerprint density at radius 2 is 1.94 bits per heavy atom. The van der Waals surface area contributed by atoms with E-state index in [1.54, 1.807) is 0 Å². The summed E-state index contributed by atoms with van der Waals surface area (Å²) >= 11 is 5.46. The number of ketones is 1. The summed E-state index contributed by atoms with van der Waals surface area (Å²) in [5.41, 5.74) is -3.68. The number of rotatable bonds is 2. The largest absolute Gasteiger partial charge is 0.423 e. The van der Waals surface area contributed by atoms with Crippen molar-refractivity contribution in [1.29, 1.82) is 0 Å². The molecule has 0 aliphatic heterocycles. The highest BCUT2D eigenvalue weighted by Crippen LogP contribution is 2.41. The Bertz CT molecular complexity index is 499. The van der Waals surface area contributed by atoms with Gasteiger partial charge in [0.15, 0.2) is 5.78 Å². The molecule has 1 aromatic rings. The van der Waals surface area contributed by atoms with Gasteiger partial charge in [-0.05, 0) is 13.0 Å². The molecule has 1 rings (SSSR count). The summed E-state index contributed by atoms with van der Waals surface area (Å²) in [5.74, 6) is -0.981. The summed E-state index contributed by atoms with van der Waals surface area (Å²) in [6.45, 7) is 0.861. The van der Waals surface area contributed by atoms with E-state index in [9.17, 15) is 28.1 Å². The number of Topliss-reactive ketones (excluding diaryl/α,β-unsaturated/α-hetero) is 1. The van der Waals surface area contributed by atoms with Gasteiger partial charge >= 0.3 is 6.18 Å². The van der Waals surface area contributed by atoms with Gasteiger partial charge in [-0.25, -0.2) is 0 Å². The molecule has 0 spiro atoms. The van der Waals surface area contributed by atoms with Crippen molar-refractivity contribution < 1.29 is 22.9 Å². The third kappa shape index (κ3) is 2.55.